The number of esters is 1. The lowest BCUT2D eigenvalue weighted by molar-refractivity contribution is -0.146. The Morgan fingerprint density at radius 1 is 1.16 bits per heavy atom. The lowest BCUT2D eigenvalue weighted by Gasteiger charge is -2.34. The Balaban J connectivity index is 2.66. The molecule has 0 N–H and O–H groups in total. The van der Waals surface area contributed by atoms with Crippen LogP contribution in [0, 0.1) is 0 Å². The molecule has 0 saturated heterocycles. The molecule has 1 amide bonds. The molecule has 1 saturated carbocycles. The first-order valence-electron chi connectivity index (χ1n) is 6.92. The molecule has 1 rings (SSSR count). The summed E-state index contributed by atoms with van der Waals surface area (Å²) in [5, 5.41) is 0. The summed E-state index contributed by atoms with van der Waals surface area (Å²) in [5.41, 5.74) is -0.541. The molecule has 5 nitrogen and oxygen atoms in total. The summed E-state index contributed by atoms with van der Waals surface area (Å²) in [5.74, 6) is -0.385. The number of rotatable bonds is 3. The van der Waals surface area contributed by atoms with Crippen LogP contribution in [-0.2, 0) is 14.3 Å². The van der Waals surface area contributed by atoms with Gasteiger partial charge in [0.25, 0.3) is 0 Å². The van der Waals surface area contributed by atoms with E-state index < -0.39 is 11.7 Å². The summed E-state index contributed by atoms with van der Waals surface area (Å²) < 4.78 is 10.4. The highest BCUT2D eigenvalue weighted by Gasteiger charge is 2.29. The second kappa shape index (κ2) is 6.78. The summed E-state index contributed by atoms with van der Waals surface area (Å²) >= 11 is 0. The number of carbonyl (C=O) groups excluding carboxylic acids is 2. The highest BCUT2D eigenvalue weighted by atomic mass is 16.6. The molecule has 1 fully saturated rings. The maximum atomic E-state index is 12.2. The third-order valence-corrected chi connectivity index (χ3v) is 3.05. The van der Waals surface area contributed by atoms with E-state index in [1.165, 1.54) is 13.3 Å². The summed E-state index contributed by atoms with van der Waals surface area (Å²) in [6.07, 6.45) is 4.89. The molecule has 0 atom stereocenters. The van der Waals surface area contributed by atoms with Gasteiger partial charge in [-0.2, -0.15) is 0 Å². The highest BCUT2D eigenvalue weighted by molar-refractivity contribution is 5.69. The van der Waals surface area contributed by atoms with Crippen molar-refractivity contribution in [3.63, 3.8) is 0 Å². The first kappa shape index (κ1) is 15.8. The Bertz CT molecular complexity index is 316. The van der Waals surface area contributed by atoms with E-state index in [1.54, 1.807) is 4.90 Å². The fourth-order valence-electron chi connectivity index (χ4n) is 2.18. The van der Waals surface area contributed by atoms with Crippen molar-refractivity contribution in [3.05, 3.63) is 0 Å². The van der Waals surface area contributed by atoms with E-state index in [4.69, 9.17) is 9.47 Å². The molecule has 0 aromatic rings. The number of hydrogen-bond acceptors (Lipinski definition) is 4. The van der Waals surface area contributed by atoms with Gasteiger partial charge in [-0.25, -0.2) is 4.79 Å². The van der Waals surface area contributed by atoms with Crippen LogP contribution in [0.3, 0.4) is 0 Å². The molecule has 0 unspecified atom stereocenters. The van der Waals surface area contributed by atoms with E-state index in [2.05, 4.69) is 0 Å². The quantitative estimate of drug-likeness (QED) is 0.584. The second-order valence-electron chi connectivity index (χ2n) is 6.01. The third-order valence-electron chi connectivity index (χ3n) is 3.05. The average Bonchev–Trinajstić information content (AvgIpc) is 2.27. The van der Waals surface area contributed by atoms with E-state index in [9.17, 15) is 9.59 Å². The molecule has 0 aliphatic heterocycles. The molecule has 1 aliphatic rings. The van der Waals surface area contributed by atoms with Crippen molar-refractivity contribution in [3.8, 4) is 0 Å². The molecule has 5 heteroatoms. The second-order valence-corrected chi connectivity index (χ2v) is 6.01. The molecule has 0 spiro atoms. The SMILES string of the molecule is CC(=O)OCN(C(=O)OC(C)(C)C)C1CCCCC1. The number of nitrogens with zero attached hydrogens (tertiary/aromatic N) is 1. The van der Waals surface area contributed by atoms with Crippen LogP contribution in [0.15, 0.2) is 0 Å². The van der Waals surface area contributed by atoms with Crippen LogP contribution in [0.5, 0.6) is 0 Å². The molecule has 0 bridgehead atoms. The molecule has 1 aliphatic carbocycles. The molecule has 0 heterocycles. The fourth-order valence-corrected chi connectivity index (χ4v) is 2.18. The van der Waals surface area contributed by atoms with E-state index >= 15 is 0 Å². The molecule has 110 valence electrons. The number of carbonyl (C=O) groups is 2. The van der Waals surface area contributed by atoms with Gasteiger partial charge in [0.2, 0.25) is 0 Å². The maximum absolute atomic E-state index is 12.2. The van der Waals surface area contributed by atoms with Crippen LogP contribution in [0.25, 0.3) is 0 Å². The first-order chi connectivity index (χ1) is 8.79. The summed E-state index contributed by atoms with van der Waals surface area (Å²) in [6.45, 7) is 6.81. The maximum Gasteiger partial charge on any atom is 0.413 e. The van der Waals surface area contributed by atoms with E-state index in [1.807, 2.05) is 20.8 Å². The molecular weight excluding hydrogens is 246 g/mol. The molecular formula is C14H25NO4. The Hall–Kier alpha value is -1.26. The van der Waals surface area contributed by atoms with Crippen molar-refractivity contribution in [2.75, 3.05) is 6.73 Å². The van der Waals surface area contributed by atoms with Crippen LogP contribution < -0.4 is 0 Å². The van der Waals surface area contributed by atoms with Gasteiger partial charge in [-0.05, 0) is 33.6 Å². The van der Waals surface area contributed by atoms with E-state index in [-0.39, 0.29) is 18.7 Å². The van der Waals surface area contributed by atoms with Gasteiger partial charge in [0.05, 0.1) is 0 Å². The van der Waals surface area contributed by atoms with Crippen molar-refractivity contribution in [1.82, 2.24) is 4.90 Å². The van der Waals surface area contributed by atoms with Crippen LogP contribution in [0.2, 0.25) is 0 Å². The van der Waals surface area contributed by atoms with Gasteiger partial charge in [-0.15, -0.1) is 0 Å². The smallest absolute Gasteiger partial charge is 0.413 e. The normalized spacial score (nSPS) is 16.8. The van der Waals surface area contributed by atoms with Crippen LogP contribution in [0.1, 0.15) is 59.8 Å². The van der Waals surface area contributed by atoms with Crippen LogP contribution >= 0.6 is 0 Å². The van der Waals surface area contributed by atoms with Crippen molar-refractivity contribution in [1.29, 1.82) is 0 Å². The Morgan fingerprint density at radius 3 is 2.21 bits per heavy atom. The van der Waals surface area contributed by atoms with Gasteiger partial charge in [0.15, 0.2) is 6.73 Å². The molecule has 0 aromatic heterocycles. The van der Waals surface area contributed by atoms with Gasteiger partial charge in [0, 0.05) is 13.0 Å². The van der Waals surface area contributed by atoms with Crippen molar-refractivity contribution in [2.24, 2.45) is 0 Å². The molecule has 0 radical (unpaired) electrons. The van der Waals surface area contributed by atoms with E-state index in [0.717, 1.165) is 25.7 Å². The van der Waals surface area contributed by atoms with Crippen LogP contribution in [0.4, 0.5) is 4.79 Å². The minimum atomic E-state index is -0.541. The lowest BCUT2D eigenvalue weighted by Crippen LogP contribution is -2.45. The topological polar surface area (TPSA) is 55.8 Å². The lowest BCUT2D eigenvalue weighted by atomic mass is 9.95. The monoisotopic (exact) mass is 271 g/mol. The predicted molar refractivity (Wildman–Crippen MR) is 71.6 cm³/mol. The van der Waals surface area contributed by atoms with Gasteiger partial charge < -0.3 is 9.47 Å². The van der Waals surface area contributed by atoms with Gasteiger partial charge in [0.1, 0.15) is 5.60 Å². The predicted octanol–water partition coefficient (Wildman–Crippen LogP) is 3.08. The van der Waals surface area contributed by atoms with E-state index in [0.29, 0.717) is 0 Å². The highest BCUT2D eigenvalue weighted by Crippen LogP contribution is 2.24. The fraction of sp³-hybridized carbons (Fsp3) is 0.857. The van der Waals surface area contributed by atoms with Crippen molar-refractivity contribution >= 4 is 12.1 Å². The Labute approximate surface area is 115 Å². The standard InChI is InChI=1S/C14H25NO4/c1-11(16)18-10-15(12-8-6-5-7-9-12)13(17)19-14(2,3)4/h12H,5-10H2,1-4H3. The van der Waals surface area contributed by atoms with Gasteiger partial charge in [-0.3, -0.25) is 9.69 Å². The third kappa shape index (κ3) is 5.94. The zero-order chi connectivity index (χ0) is 14.5. The summed E-state index contributed by atoms with van der Waals surface area (Å²) in [7, 11) is 0. The minimum absolute atomic E-state index is 0.0189. The number of amides is 1. The van der Waals surface area contributed by atoms with Crippen molar-refractivity contribution in [2.45, 2.75) is 71.4 Å². The number of ether oxygens (including phenoxy) is 2. The molecule has 19 heavy (non-hydrogen) atoms. The van der Waals surface area contributed by atoms with Gasteiger partial charge >= 0.3 is 12.1 Å². The van der Waals surface area contributed by atoms with Gasteiger partial charge in [-0.1, -0.05) is 19.3 Å². The largest absolute Gasteiger partial charge is 0.444 e. The van der Waals surface area contributed by atoms with Crippen LogP contribution in [-0.4, -0.2) is 35.3 Å². The summed E-state index contributed by atoms with van der Waals surface area (Å²) in [6, 6.07) is 0.114. The summed E-state index contributed by atoms with van der Waals surface area (Å²) in [4.78, 5) is 24.7. The first-order valence-corrected chi connectivity index (χ1v) is 6.92. The zero-order valence-electron chi connectivity index (χ0n) is 12.4. The zero-order valence-corrected chi connectivity index (χ0v) is 12.4. The number of hydrogen-bond donors (Lipinski definition) is 0. The Morgan fingerprint density at radius 2 is 1.74 bits per heavy atom. The minimum Gasteiger partial charge on any atom is -0.444 e. The van der Waals surface area contributed by atoms with Crippen molar-refractivity contribution < 1.29 is 19.1 Å². The average molecular weight is 271 g/mol. The Kier molecular flexibility index (Phi) is 5.63. The molecule has 0 aromatic carbocycles.